The van der Waals surface area contributed by atoms with Crippen molar-refractivity contribution in [3.05, 3.63) is 35.0 Å². The smallest absolute Gasteiger partial charge is 0.308 e. The molecule has 3 rings (SSSR count). The van der Waals surface area contributed by atoms with Crippen LogP contribution in [0.5, 0.6) is 0 Å². The molecule has 1 aliphatic rings. The van der Waals surface area contributed by atoms with Gasteiger partial charge in [0.05, 0.1) is 5.92 Å². The van der Waals surface area contributed by atoms with Crippen LogP contribution in [0, 0.1) is 5.92 Å². The van der Waals surface area contributed by atoms with Crippen LogP contribution in [0.2, 0.25) is 5.02 Å². The summed E-state index contributed by atoms with van der Waals surface area (Å²) in [6.45, 7) is 0. The summed E-state index contributed by atoms with van der Waals surface area (Å²) in [5, 5.41) is 13.6. The van der Waals surface area contributed by atoms with Gasteiger partial charge in [0.25, 0.3) is 5.91 Å². The zero-order valence-electron chi connectivity index (χ0n) is 11.9. The molecule has 6 heteroatoms. The van der Waals surface area contributed by atoms with Crippen LogP contribution in [0.1, 0.15) is 36.2 Å². The molecule has 0 saturated heterocycles. The van der Waals surface area contributed by atoms with E-state index < -0.39 is 11.9 Å². The Morgan fingerprint density at radius 3 is 2.77 bits per heavy atom. The average Bonchev–Trinajstić information content (AvgIpc) is 2.90. The Balaban J connectivity index is 1.78. The highest BCUT2D eigenvalue weighted by Gasteiger charge is 2.32. The molecule has 1 saturated carbocycles. The molecule has 0 unspecified atom stereocenters. The van der Waals surface area contributed by atoms with Crippen molar-refractivity contribution < 1.29 is 14.7 Å². The molecule has 1 aliphatic carbocycles. The van der Waals surface area contributed by atoms with Crippen LogP contribution in [0.4, 0.5) is 0 Å². The van der Waals surface area contributed by atoms with Crippen LogP contribution in [0.15, 0.2) is 24.3 Å². The van der Waals surface area contributed by atoms with Crippen LogP contribution in [-0.4, -0.2) is 28.0 Å². The van der Waals surface area contributed by atoms with Gasteiger partial charge in [-0.3, -0.25) is 9.59 Å². The zero-order valence-corrected chi connectivity index (χ0v) is 12.7. The highest BCUT2D eigenvalue weighted by atomic mass is 35.5. The summed E-state index contributed by atoms with van der Waals surface area (Å²) in [5.41, 5.74) is 1.25. The predicted octanol–water partition coefficient (Wildman–Crippen LogP) is 3.19. The summed E-state index contributed by atoms with van der Waals surface area (Å²) < 4.78 is 0. The van der Waals surface area contributed by atoms with E-state index >= 15 is 0 Å². The van der Waals surface area contributed by atoms with Crippen LogP contribution in [0.25, 0.3) is 10.9 Å². The number of rotatable bonds is 3. The third kappa shape index (κ3) is 2.95. The maximum Gasteiger partial charge on any atom is 0.308 e. The Labute approximate surface area is 132 Å². The molecule has 0 aliphatic heterocycles. The molecule has 2 atom stereocenters. The first-order valence-corrected chi connectivity index (χ1v) is 7.74. The van der Waals surface area contributed by atoms with E-state index in [-0.39, 0.29) is 11.9 Å². The molecule has 0 radical (unpaired) electrons. The van der Waals surface area contributed by atoms with E-state index in [0.29, 0.717) is 23.6 Å². The van der Waals surface area contributed by atoms with Gasteiger partial charge in [0.2, 0.25) is 0 Å². The summed E-state index contributed by atoms with van der Waals surface area (Å²) >= 11 is 5.94. The van der Waals surface area contributed by atoms with Crippen molar-refractivity contribution in [3.63, 3.8) is 0 Å². The lowest BCUT2D eigenvalue weighted by Gasteiger charge is -2.29. The Kier molecular flexibility index (Phi) is 4.07. The lowest BCUT2D eigenvalue weighted by atomic mass is 9.84. The molecular weight excluding hydrogens is 304 g/mol. The molecule has 0 spiro atoms. The predicted molar refractivity (Wildman–Crippen MR) is 84.2 cm³/mol. The van der Waals surface area contributed by atoms with E-state index in [1.165, 1.54) is 0 Å². The quantitative estimate of drug-likeness (QED) is 0.812. The third-order valence-electron chi connectivity index (χ3n) is 4.23. The van der Waals surface area contributed by atoms with Gasteiger partial charge < -0.3 is 15.4 Å². The molecule has 116 valence electrons. The summed E-state index contributed by atoms with van der Waals surface area (Å²) in [6, 6.07) is 6.77. The second kappa shape index (κ2) is 6.01. The molecule has 0 bridgehead atoms. The van der Waals surface area contributed by atoms with Gasteiger partial charge in [-0.2, -0.15) is 0 Å². The number of aromatic nitrogens is 1. The Bertz CT molecular complexity index is 725. The van der Waals surface area contributed by atoms with E-state index in [0.717, 1.165) is 23.7 Å². The standard InChI is InChI=1S/C16H17ClN2O3/c17-10-5-6-12-9(7-10)8-14(18-12)15(20)19-13-4-2-1-3-11(13)16(21)22/h5-8,11,13,18H,1-4H2,(H,19,20)(H,21,22)/t11-,13+/m1/s1. The number of carboxylic acids is 1. The molecule has 1 aromatic heterocycles. The van der Waals surface area contributed by atoms with Crippen molar-refractivity contribution in [3.8, 4) is 0 Å². The van der Waals surface area contributed by atoms with Crippen molar-refractivity contribution in [2.24, 2.45) is 5.92 Å². The van der Waals surface area contributed by atoms with Crippen molar-refractivity contribution in [1.29, 1.82) is 0 Å². The molecule has 3 N–H and O–H groups in total. The summed E-state index contributed by atoms with van der Waals surface area (Å²) in [4.78, 5) is 26.7. The maximum atomic E-state index is 12.4. The molecule has 1 aromatic carbocycles. The second-order valence-corrected chi connectivity index (χ2v) is 6.16. The van der Waals surface area contributed by atoms with Gasteiger partial charge in [-0.25, -0.2) is 0 Å². The number of nitrogens with one attached hydrogen (secondary N) is 2. The first-order chi connectivity index (χ1) is 10.5. The average molecular weight is 321 g/mol. The van der Waals surface area contributed by atoms with Crippen LogP contribution in [-0.2, 0) is 4.79 Å². The van der Waals surface area contributed by atoms with Crippen molar-refractivity contribution in [2.45, 2.75) is 31.7 Å². The fraction of sp³-hybridized carbons (Fsp3) is 0.375. The lowest BCUT2D eigenvalue weighted by molar-refractivity contribution is -0.143. The molecule has 1 fully saturated rings. The Morgan fingerprint density at radius 1 is 1.23 bits per heavy atom. The number of hydrogen-bond donors (Lipinski definition) is 3. The van der Waals surface area contributed by atoms with Gasteiger partial charge in [-0.15, -0.1) is 0 Å². The lowest BCUT2D eigenvalue weighted by Crippen LogP contribution is -2.45. The minimum atomic E-state index is -0.839. The van der Waals surface area contributed by atoms with Gasteiger partial charge in [0.15, 0.2) is 0 Å². The van der Waals surface area contributed by atoms with Gasteiger partial charge in [-0.05, 0) is 37.1 Å². The largest absolute Gasteiger partial charge is 0.481 e. The Morgan fingerprint density at radius 2 is 2.00 bits per heavy atom. The number of amides is 1. The summed E-state index contributed by atoms with van der Waals surface area (Å²) in [6.07, 6.45) is 3.16. The number of H-pyrrole nitrogens is 1. The van der Waals surface area contributed by atoms with E-state index in [1.807, 2.05) is 6.07 Å². The fourth-order valence-corrected chi connectivity index (χ4v) is 3.25. The molecule has 1 amide bonds. The van der Waals surface area contributed by atoms with Crippen LogP contribution >= 0.6 is 11.6 Å². The highest BCUT2D eigenvalue weighted by Crippen LogP contribution is 2.25. The minimum Gasteiger partial charge on any atom is -0.481 e. The maximum absolute atomic E-state index is 12.4. The summed E-state index contributed by atoms with van der Waals surface area (Å²) in [7, 11) is 0. The first-order valence-electron chi connectivity index (χ1n) is 7.36. The number of aromatic amines is 1. The van der Waals surface area contributed by atoms with Gasteiger partial charge >= 0.3 is 5.97 Å². The number of fused-ring (bicyclic) bond motifs is 1. The number of halogens is 1. The third-order valence-corrected chi connectivity index (χ3v) is 4.46. The van der Waals surface area contributed by atoms with Crippen molar-refractivity contribution in [2.75, 3.05) is 0 Å². The minimum absolute atomic E-state index is 0.273. The number of carbonyl (C=O) groups excluding carboxylic acids is 1. The number of hydrogen-bond acceptors (Lipinski definition) is 2. The van der Waals surface area contributed by atoms with Crippen LogP contribution < -0.4 is 5.32 Å². The molecule has 1 heterocycles. The monoisotopic (exact) mass is 320 g/mol. The van der Waals surface area contributed by atoms with E-state index in [2.05, 4.69) is 10.3 Å². The molecule has 2 aromatic rings. The van der Waals surface area contributed by atoms with Crippen LogP contribution in [0.3, 0.4) is 0 Å². The Hall–Kier alpha value is -2.01. The highest BCUT2D eigenvalue weighted by molar-refractivity contribution is 6.31. The molecule has 22 heavy (non-hydrogen) atoms. The van der Waals surface area contributed by atoms with E-state index in [4.69, 9.17) is 11.6 Å². The van der Waals surface area contributed by atoms with Gasteiger partial charge in [0.1, 0.15) is 5.69 Å². The number of carbonyl (C=O) groups is 2. The second-order valence-electron chi connectivity index (χ2n) is 5.72. The van der Waals surface area contributed by atoms with Crippen molar-refractivity contribution in [1.82, 2.24) is 10.3 Å². The van der Waals surface area contributed by atoms with E-state index in [9.17, 15) is 14.7 Å². The van der Waals surface area contributed by atoms with Gasteiger partial charge in [-0.1, -0.05) is 24.4 Å². The SMILES string of the molecule is O=C(N[C@H]1CCCC[C@H]1C(=O)O)c1cc2cc(Cl)ccc2[nH]1. The fourth-order valence-electron chi connectivity index (χ4n) is 3.07. The number of aliphatic carboxylic acids is 1. The first kappa shape index (κ1) is 14.9. The summed E-state index contributed by atoms with van der Waals surface area (Å²) in [5.74, 6) is -1.62. The van der Waals surface area contributed by atoms with E-state index in [1.54, 1.807) is 18.2 Å². The van der Waals surface area contributed by atoms with Crippen molar-refractivity contribution >= 4 is 34.4 Å². The molecular formula is C16H17ClN2O3. The topological polar surface area (TPSA) is 82.2 Å². The van der Waals surface area contributed by atoms with Gasteiger partial charge in [0, 0.05) is 22.0 Å². The number of benzene rings is 1. The number of carboxylic acid groups (broad SMARTS) is 1. The molecule has 5 nitrogen and oxygen atoms in total. The normalized spacial score (nSPS) is 21.7. The zero-order chi connectivity index (χ0) is 15.7.